The molecule has 0 saturated heterocycles. The van der Waals surface area contributed by atoms with Gasteiger partial charge in [0.15, 0.2) is 0 Å². The molecular formula is C12H19NO5S. The molecule has 0 saturated carbocycles. The summed E-state index contributed by atoms with van der Waals surface area (Å²) in [4.78, 5) is 11.0. The number of carboxylic acid groups (broad SMARTS) is 1. The summed E-state index contributed by atoms with van der Waals surface area (Å²) in [7, 11) is -3.84. The molecule has 0 amide bonds. The smallest absolute Gasteiger partial charge is 0.340 e. The largest absolute Gasteiger partial charge is 0.478 e. The third kappa shape index (κ3) is 2.82. The van der Waals surface area contributed by atoms with E-state index in [0.29, 0.717) is 19.5 Å². The Labute approximate surface area is 113 Å². The predicted octanol–water partition coefficient (Wildman–Crippen LogP) is 2.02. The first-order valence-corrected chi connectivity index (χ1v) is 7.54. The average Bonchev–Trinajstić information content (AvgIpc) is 2.61. The maximum atomic E-state index is 12.5. The lowest BCUT2D eigenvalue weighted by Crippen LogP contribution is -2.32. The van der Waals surface area contributed by atoms with Crippen LogP contribution in [0.25, 0.3) is 0 Å². The summed E-state index contributed by atoms with van der Waals surface area (Å²) in [6, 6.07) is 0. The van der Waals surface area contributed by atoms with Crippen LogP contribution in [0.3, 0.4) is 0 Å². The van der Waals surface area contributed by atoms with Crippen molar-refractivity contribution in [2.24, 2.45) is 0 Å². The Hall–Kier alpha value is -1.34. The molecule has 0 spiro atoms. The van der Waals surface area contributed by atoms with Gasteiger partial charge in [-0.25, -0.2) is 13.2 Å². The quantitative estimate of drug-likeness (QED) is 0.865. The summed E-state index contributed by atoms with van der Waals surface area (Å²) < 4.78 is 31.5. The van der Waals surface area contributed by atoms with Crippen LogP contribution >= 0.6 is 0 Å². The zero-order valence-corrected chi connectivity index (χ0v) is 12.4. The van der Waals surface area contributed by atoms with Crippen LogP contribution in [0.15, 0.2) is 9.31 Å². The lowest BCUT2D eigenvalue weighted by atomic mass is 10.2. The zero-order valence-electron chi connectivity index (χ0n) is 11.6. The average molecular weight is 289 g/mol. The Morgan fingerprint density at radius 1 is 1.26 bits per heavy atom. The number of furan rings is 1. The van der Waals surface area contributed by atoms with Crippen LogP contribution < -0.4 is 0 Å². The minimum atomic E-state index is -3.84. The number of sulfonamides is 1. The minimum Gasteiger partial charge on any atom is -0.478 e. The van der Waals surface area contributed by atoms with Crippen LogP contribution in [0.1, 0.15) is 42.1 Å². The Kier molecular flexibility index (Phi) is 4.75. The van der Waals surface area contributed by atoms with E-state index in [0.717, 1.165) is 0 Å². The third-order valence-corrected chi connectivity index (χ3v) is 4.97. The van der Waals surface area contributed by atoms with E-state index in [1.165, 1.54) is 18.2 Å². The second-order valence-electron chi connectivity index (χ2n) is 4.22. The van der Waals surface area contributed by atoms with Crippen LogP contribution in [-0.4, -0.2) is 36.9 Å². The normalized spacial score (nSPS) is 12.1. The van der Waals surface area contributed by atoms with Gasteiger partial charge in [0.25, 0.3) is 0 Å². The van der Waals surface area contributed by atoms with Gasteiger partial charge in [-0.2, -0.15) is 4.31 Å². The number of nitrogens with zero attached hydrogens (tertiary/aromatic N) is 1. The van der Waals surface area contributed by atoms with Crippen LogP contribution in [-0.2, 0) is 10.0 Å². The Balaban J connectivity index is 3.48. The Bertz CT molecular complexity index is 573. The van der Waals surface area contributed by atoms with Gasteiger partial charge in [0, 0.05) is 13.1 Å². The van der Waals surface area contributed by atoms with E-state index in [9.17, 15) is 13.2 Å². The topological polar surface area (TPSA) is 87.8 Å². The van der Waals surface area contributed by atoms with E-state index in [1.807, 2.05) is 6.92 Å². The predicted molar refractivity (Wildman–Crippen MR) is 69.9 cm³/mol. The molecule has 0 bridgehead atoms. The first-order chi connectivity index (χ1) is 8.77. The number of rotatable bonds is 6. The Morgan fingerprint density at radius 2 is 1.84 bits per heavy atom. The van der Waals surface area contributed by atoms with Gasteiger partial charge in [0.05, 0.1) is 0 Å². The molecule has 108 valence electrons. The molecule has 1 aromatic rings. The fourth-order valence-electron chi connectivity index (χ4n) is 2.05. The molecule has 6 nitrogen and oxygen atoms in total. The van der Waals surface area contributed by atoms with Crippen molar-refractivity contribution < 1.29 is 22.7 Å². The van der Waals surface area contributed by atoms with Crippen molar-refractivity contribution in [3.8, 4) is 0 Å². The fraction of sp³-hybridized carbons (Fsp3) is 0.583. The van der Waals surface area contributed by atoms with Crippen LogP contribution in [0.2, 0.25) is 0 Å². The van der Waals surface area contributed by atoms with Crippen molar-refractivity contribution in [2.75, 3.05) is 13.1 Å². The molecule has 0 aliphatic heterocycles. The summed E-state index contributed by atoms with van der Waals surface area (Å²) in [5.41, 5.74) is -0.271. The van der Waals surface area contributed by atoms with Crippen molar-refractivity contribution in [3.05, 3.63) is 17.1 Å². The maximum Gasteiger partial charge on any atom is 0.340 e. The summed E-state index contributed by atoms with van der Waals surface area (Å²) in [6.45, 7) is 7.14. The van der Waals surface area contributed by atoms with Crippen LogP contribution in [0.4, 0.5) is 0 Å². The van der Waals surface area contributed by atoms with Crippen LogP contribution in [0, 0.1) is 13.8 Å². The van der Waals surface area contributed by atoms with E-state index in [1.54, 1.807) is 6.92 Å². The van der Waals surface area contributed by atoms with E-state index in [-0.39, 0.29) is 22.0 Å². The van der Waals surface area contributed by atoms with Gasteiger partial charge in [-0.3, -0.25) is 0 Å². The second-order valence-corrected chi connectivity index (χ2v) is 6.10. The van der Waals surface area contributed by atoms with Gasteiger partial charge in [-0.15, -0.1) is 0 Å². The monoisotopic (exact) mass is 289 g/mol. The molecule has 0 fully saturated rings. The molecular weight excluding hydrogens is 270 g/mol. The van der Waals surface area contributed by atoms with E-state index in [2.05, 4.69) is 0 Å². The van der Waals surface area contributed by atoms with Crippen molar-refractivity contribution in [1.82, 2.24) is 4.31 Å². The van der Waals surface area contributed by atoms with Crippen LogP contribution in [0.5, 0.6) is 0 Å². The fourth-order valence-corrected chi connectivity index (χ4v) is 3.96. The van der Waals surface area contributed by atoms with E-state index >= 15 is 0 Å². The molecule has 0 atom stereocenters. The van der Waals surface area contributed by atoms with Crippen molar-refractivity contribution in [3.63, 3.8) is 0 Å². The molecule has 1 N–H and O–H groups in total. The second kappa shape index (κ2) is 5.75. The third-order valence-electron chi connectivity index (χ3n) is 2.84. The molecule has 1 rings (SSSR count). The highest BCUT2D eigenvalue weighted by atomic mass is 32.2. The van der Waals surface area contributed by atoms with Gasteiger partial charge >= 0.3 is 5.97 Å². The number of hydrogen-bond donors (Lipinski definition) is 1. The van der Waals surface area contributed by atoms with E-state index < -0.39 is 16.0 Å². The molecule has 0 aliphatic carbocycles. The highest BCUT2D eigenvalue weighted by Gasteiger charge is 2.34. The standard InChI is InChI=1S/C12H19NO5S/c1-5-7-13(6-2)19(16,17)11-9(4)18-8(3)10(11)12(14)15/h5-7H2,1-4H3,(H,14,15). The SMILES string of the molecule is CCCN(CC)S(=O)(=O)c1c(C)oc(C)c1C(=O)O. The first kappa shape index (κ1) is 15.7. The van der Waals surface area contributed by atoms with Gasteiger partial charge in [-0.05, 0) is 20.3 Å². The molecule has 7 heteroatoms. The molecule has 1 aromatic heterocycles. The molecule has 0 aliphatic rings. The van der Waals surface area contributed by atoms with Gasteiger partial charge in [0.2, 0.25) is 10.0 Å². The highest BCUT2D eigenvalue weighted by molar-refractivity contribution is 7.89. The summed E-state index contributed by atoms with van der Waals surface area (Å²) in [6.07, 6.45) is 0.658. The number of carbonyl (C=O) groups is 1. The summed E-state index contributed by atoms with van der Waals surface area (Å²) in [5, 5.41) is 9.16. The molecule has 0 radical (unpaired) electrons. The molecule has 0 unspecified atom stereocenters. The number of hydrogen-bond acceptors (Lipinski definition) is 4. The number of carboxylic acids is 1. The lowest BCUT2D eigenvalue weighted by Gasteiger charge is -2.19. The van der Waals surface area contributed by atoms with Gasteiger partial charge < -0.3 is 9.52 Å². The maximum absolute atomic E-state index is 12.5. The van der Waals surface area contributed by atoms with Crippen molar-refractivity contribution in [1.29, 1.82) is 0 Å². The lowest BCUT2D eigenvalue weighted by molar-refractivity contribution is 0.0691. The summed E-state index contributed by atoms with van der Waals surface area (Å²) >= 11 is 0. The number of aromatic carboxylic acids is 1. The minimum absolute atomic E-state index is 0.108. The Morgan fingerprint density at radius 3 is 2.26 bits per heavy atom. The number of aryl methyl sites for hydroxylation is 2. The van der Waals surface area contributed by atoms with Gasteiger partial charge in [0.1, 0.15) is 22.0 Å². The molecule has 1 heterocycles. The summed E-state index contributed by atoms with van der Waals surface area (Å²) in [5.74, 6) is -1.07. The molecule has 19 heavy (non-hydrogen) atoms. The highest BCUT2D eigenvalue weighted by Crippen LogP contribution is 2.29. The van der Waals surface area contributed by atoms with E-state index in [4.69, 9.17) is 9.52 Å². The molecule has 0 aromatic carbocycles. The van der Waals surface area contributed by atoms with Gasteiger partial charge in [-0.1, -0.05) is 13.8 Å². The zero-order chi connectivity index (χ0) is 14.8. The first-order valence-electron chi connectivity index (χ1n) is 6.10. The van der Waals surface area contributed by atoms with Crippen molar-refractivity contribution in [2.45, 2.75) is 39.0 Å². The van der Waals surface area contributed by atoms with Crippen molar-refractivity contribution >= 4 is 16.0 Å².